The van der Waals surface area contributed by atoms with Gasteiger partial charge in [0.15, 0.2) is 0 Å². The van der Waals surface area contributed by atoms with Crippen LogP contribution in [0.4, 0.5) is 0 Å². The number of ether oxygens (including phenoxy) is 1. The Labute approximate surface area is 90.7 Å². The second-order valence-electron chi connectivity index (χ2n) is 2.58. The molecule has 5 heteroatoms. The van der Waals surface area contributed by atoms with E-state index in [4.69, 9.17) is 4.74 Å². The number of hydrogen-bond donors (Lipinski definition) is 0. The van der Waals surface area contributed by atoms with E-state index >= 15 is 0 Å². The Morgan fingerprint density at radius 2 is 2.50 bits per heavy atom. The highest BCUT2D eigenvalue weighted by atomic mass is 79.9. The molecule has 0 aromatic carbocycles. The zero-order valence-corrected chi connectivity index (χ0v) is 9.61. The molecular formula is C9H11BrN2O2. The maximum absolute atomic E-state index is 11.0. The summed E-state index contributed by atoms with van der Waals surface area (Å²) in [6.45, 7) is 2.15. The molecule has 76 valence electrons. The molecule has 4 nitrogen and oxygen atoms in total. The van der Waals surface area contributed by atoms with Crippen LogP contribution in [0.1, 0.15) is 12.7 Å². The molecule has 0 amide bonds. The molecule has 14 heavy (non-hydrogen) atoms. The Bertz CT molecular complexity index is 358. The number of rotatable bonds is 3. The molecule has 0 aliphatic heterocycles. The van der Waals surface area contributed by atoms with Gasteiger partial charge in [0.1, 0.15) is 10.4 Å². The SMILES string of the molecule is CCOC(=O)/C=C/c1ncc(Br)n1C. The van der Waals surface area contributed by atoms with Crippen LogP contribution in [0.3, 0.4) is 0 Å². The van der Waals surface area contributed by atoms with Crippen molar-refractivity contribution in [1.82, 2.24) is 9.55 Å². The van der Waals surface area contributed by atoms with Crippen LogP contribution >= 0.6 is 15.9 Å². The lowest BCUT2D eigenvalue weighted by Crippen LogP contribution is -1.99. The number of carbonyl (C=O) groups excluding carboxylic acids is 1. The van der Waals surface area contributed by atoms with Crippen LogP contribution in [0.2, 0.25) is 0 Å². The quantitative estimate of drug-likeness (QED) is 0.613. The zero-order chi connectivity index (χ0) is 10.6. The minimum absolute atomic E-state index is 0.355. The molecule has 0 aliphatic carbocycles. The normalized spacial score (nSPS) is 10.8. The average molecular weight is 259 g/mol. The molecule has 0 bridgehead atoms. The van der Waals surface area contributed by atoms with E-state index in [9.17, 15) is 4.79 Å². The van der Waals surface area contributed by atoms with Crippen molar-refractivity contribution in [2.75, 3.05) is 6.61 Å². The van der Waals surface area contributed by atoms with Gasteiger partial charge < -0.3 is 9.30 Å². The summed E-state index contributed by atoms with van der Waals surface area (Å²) >= 11 is 3.30. The molecule has 0 aliphatic rings. The van der Waals surface area contributed by atoms with Gasteiger partial charge in [-0.05, 0) is 28.9 Å². The third kappa shape index (κ3) is 2.70. The molecule has 0 saturated carbocycles. The van der Waals surface area contributed by atoms with Crippen LogP contribution in [0.5, 0.6) is 0 Å². The summed E-state index contributed by atoms with van der Waals surface area (Å²) < 4.78 is 7.41. The number of nitrogens with zero attached hydrogens (tertiary/aromatic N) is 2. The molecule has 0 saturated heterocycles. The first-order valence-electron chi connectivity index (χ1n) is 4.17. The molecule has 1 rings (SSSR count). The highest BCUT2D eigenvalue weighted by Gasteiger charge is 2.00. The fourth-order valence-corrected chi connectivity index (χ4v) is 1.17. The minimum Gasteiger partial charge on any atom is -0.463 e. The summed E-state index contributed by atoms with van der Waals surface area (Å²) in [7, 11) is 1.85. The Balaban J connectivity index is 2.69. The largest absolute Gasteiger partial charge is 0.463 e. The summed E-state index contributed by atoms with van der Waals surface area (Å²) in [5, 5.41) is 0. The van der Waals surface area contributed by atoms with Gasteiger partial charge in [0.05, 0.1) is 12.8 Å². The van der Waals surface area contributed by atoms with E-state index in [1.165, 1.54) is 6.08 Å². The van der Waals surface area contributed by atoms with E-state index in [1.54, 1.807) is 19.2 Å². The maximum atomic E-state index is 11.0. The van der Waals surface area contributed by atoms with Crippen molar-refractivity contribution in [3.63, 3.8) is 0 Å². The molecule has 1 aromatic rings. The van der Waals surface area contributed by atoms with Crippen molar-refractivity contribution in [3.8, 4) is 0 Å². The standard InChI is InChI=1S/C9H11BrN2O2/c1-3-14-9(13)5-4-8-11-6-7(10)12(8)2/h4-6H,3H2,1-2H3/b5-4+. The van der Waals surface area contributed by atoms with Crippen LogP contribution in [-0.4, -0.2) is 22.1 Å². The van der Waals surface area contributed by atoms with Gasteiger partial charge >= 0.3 is 5.97 Å². The number of halogens is 1. The second kappa shape index (κ2) is 4.95. The first kappa shape index (κ1) is 11.0. The van der Waals surface area contributed by atoms with E-state index < -0.39 is 0 Å². The lowest BCUT2D eigenvalue weighted by atomic mass is 10.4. The number of hydrogen-bond acceptors (Lipinski definition) is 3. The molecule has 0 fully saturated rings. The summed E-state index contributed by atoms with van der Waals surface area (Å²) in [5.41, 5.74) is 0. The Morgan fingerprint density at radius 1 is 1.79 bits per heavy atom. The topological polar surface area (TPSA) is 44.1 Å². The maximum Gasteiger partial charge on any atom is 0.330 e. The van der Waals surface area contributed by atoms with Crippen LogP contribution < -0.4 is 0 Å². The Morgan fingerprint density at radius 3 is 3.00 bits per heavy atom. The van der Waals surface area contributed by atoms with Gasteiger partial charge in [0.25, 0.3) is 0 Å². The van der Waals surface area contributed by atoms with E-state index in [1.807, 2.05) is 11.6 Å². The third-order valence-corrected chi connectivity index (χ3v) is 2.36. The molecule has 0 radical (unpaired) electrons. The van der Waals surface area contributed by atoms with Crippen molar-refractivity contribution < 1.29 is 9.53 Å². The van der Waals surface area contributed by atoms with Crippen LogP contribution in [0, 0.1) is 0 Å². The van der Waals surface area contributed by atoms with E-state index in [0.29, 0.717) is 12.4 Å². The Kier molecular flexibility index (Phi) is 3.88. The van der Waals surface area contributed by atoms with Gasteiger partial charge in [-0.3, -0.25) is 0 Å². The van der Waals surface area contributed by atoms with Crippen LogP contribution in [0.25, 0.3) is 6.08 Å². The lowest BCUT2D eigenvalue weighted by molar-refractivity contribution is -0.137. The van der Waals surface area contributed by atoms with Crippen molar-refractivity contribution in [2.45, 2.75) is 6.92 Å². The van der Waals surface area contributed by atoms with E-state index in [0.717, 1.165) is 4.60 Å². The fraction of sp³-hybridized carbons (Fsp3) is 0.333. The highest BCUT2D eigenvalue weighted by molar-refractivity contribution is 9.10. The van der Waals surface area contributed by atoms with Gasteiger partial charge in [0, 0.05) is 13.1 Å². The zero-order valence-electron chi connectivity index (χ0n) is 8.03. The summed E-state index contributed by atoms with van der Waals surface area (Å²) in [4.78, 5) is 15.0. The molecule has 0 N–H and O–H groups in total. The van der Waals surface area contributed by atoms with Crippen molar-refractivity contribution in [1.29, 1.82) is 0 Å². The minimum atomic E-state index is -0.355. The summed E-state index contributed by atoms with van der Waals surface area (Å²) in [6, 6.07) is 0. The van der Waals surface area contributed by atoms with Gasteiger partial charge in [0.2, 0.25) is 0 Å². The highest BCUT2D eigenvalue weighted by Crippen LogP contribution is 2.10. The number of aromatic nitrogens is 2. The summed E-state index contributed by atoms with van der Waals surface area (Å²) in [5.74, 6) is 0.344. The van der Waals surface area contributed by atoms with Crippen molar-refractivity contribution in [3.05, 3.63) is 22.7 Å². The molecule has 1 heterocycles. The van der Waals surface area contributed by atoms with Crippen LogP contribution in [0.15, 0.2) is 16.9 Å². The van der Waals surface area contributed by atoms with E-state index in [-0.39, 0.29) is 5.97 Å². The molecular weight excluding hydrogens is 248 g/mol. The van der Waals surface area contributed by atoms with Gasteiger partial charge in [-0.2, -0.15) is 0 Å². The molecule has 1 aromatic heterocycles. The smallest absolute Gasteiger partial charge is 0.330 e. The first-order valence-corrected chi connectivity index (χ1v) is 4.96. The Hall–Kier alpha value is -1.10. The predicted molar refractivity (Wildman–Crippen MR) is 56.6 cm³/mol. The van der Waals surface area contributed by atoms with Crippen LogP contribution in [-0.2, 0) is 16.6 Å². The number of carbonyl (C=O) groups is 1. The predicted octanol–water partition coefficient (Wildman–Crippen LogP) is 1.76. The van der Waals surface area contributed by atoms with Crippen molar-refractivity contribution in [2.24, 2.45) is 7.05 Å². The molecule has 0 unspecified atom stereocenters. The van der Waals surface area contributed by atoms with Gasteiger partial charge in [-0.25, -0.2) is 9.78 Å². The molecule has 0 spiro atoms. The average Bonchev–Trinajstić information content (AvgIpc) is 2.46. The molecule has 0 atom stereocenters. The first-order chi connectivity index (χ1) is 6.65. The third-order valence-electron chi connectivity index (χ3n) is 1.62. The fourth-order valence-electron chi connectivity index (χ4n) is 0.890. The van der Waals surface area contributed by atoms with E-state index in [2.05, 4.69) is 20.9 Å². The number of imidazole rings is 1. The summed E-state index contributed by atoms with van der Waals surface area (Å²) in [6.07, 6.45) is 4.64. The van der Waals surface area contributed by atoms with Gasteiger partial charge in [-0.15, -0.1) is 0 Å². The second-order valence-corrected chi connectivity index (χ2v) is 3.40. The van der Waals surface area contributed by atoms with Crippen molar-refractivity contribution >= 4 is 28.0 Å². The van der Waals surface area contributed by atoms with Gasteiger partial charge in [-0.1, -0.05) is 0 Å². The monoisotopic (exact) mass is 258 g/mol. The lowest BCUT2D eigenvalue weighted by Gasteiger charge is -1.96. The number of esters is 1.